The zero-order chi connectivity index (χ0) is 21.2. The predicted molar refractivity (Wildman–Crippen MR) is 125 cm³/mol. The molecule has 156 valence electrons. The zero-order valence-corrected chi connectivity index (χ0v) is 19.8. The molecular weight excluding hydrogens is 472 g/mol. The normalized spacial score (nSPS) is 11.7. The maximum atomic E-state index is 13.0. The van der Waals surface area contributed by atoms with E-state index in [4.69, 9.17) is 11.6 Å². The van der Waals surface area contributed by atoms with Gasteiger partial charge in [-0.25, -0.2) is 0 Å². The Bertz CT molecular complexity index is 817. The summed E-state index contributed by atoms with van der Waals surface area (Å²) in [6, 6.07) is 14.9. The second-order valence-electron chi connectivity index (χ2n) is 6.74. The predicted octanol–water partition coefficient (Wildman–Crippen LogP) is 5.28. The van der Waals surface area contributed by atoms with E-state index in [-0.39, 0.29) is 11.8 Å². The van der Waals surface area contributed by atoms with Crippen LogP contribution < -0.4 is 5.32 Å². The Morgan fingerprint density at radius 2 is 1.90 bits per heavy atom. The van der Waals surface area contributed by atoms with Gasteiger partial charge in [0.2, 0.25) is 11.8 Å². The summed E-state index contributed by atoms with van der Waals surface area (Å²) >= 11 is 11.0. The fourth-order valence-electron chi connectivity index (χ4n) is 2.73. The monoisotopic (exact) mass is 496 g/mol. The quantitative estimate of drug-likeness (QED) is 0.486. The smallest absolute Gasteiger partial charge is 0.242 e. The number of benzene rings is 2. The Hall–Kier alpha value is -1.50. The Kier molecular flexibility index (Phi) is 10.0. The summed E-state index contributed by atoms with van der Waals surface area (Å²) < 4.78 is 0.977. The van der Waals surface area contributed by atoms with Gasteiger partial charge in [-0.1, -0.05) is 58.7 Å². The molecule has 0 unspecified atom stereocenters. The van der Waals surface area contributed by atoms with Gasteiger partial charge in [0, 0.05) is 28.3 Å². The van der Waals surface area contributed by atoms with Crippen LogP contribution in [0.3, 0.4) is 0 Å². The molecule has 1 N–H and O–H groups in total. The van der Waals surface area contributed by atoms with E-state index in [1.165, 1.54) is 11.8 Å². The Morgan fingerprint density at radius 1 is 1.17 bits per heavy atom. The minimum atomic E-state index is -0.538. The highest BCUT2D eigenvalue weighted by molar-refractivity contribution is 9.10. The summed E-state index contributed by atoms with van der Waals surface area (Å²) in [6.07, 6.45) is 0.856. The van der Waals surface area contributed by atoms with Crippen molar-refractivity contribution < 1.29 is 9.59 Å². The molecule has 2 rings (SSSR count). The van der Waals surface area contributed by atoms with Crippen LogP contribution in [0.4, 0.5) is 0 Å². The van der Waals surface area contributed by atoms with E-state index >= 15 is 0 Å². The van der Waals surface area contributed by atoms with Crippen LogP contribution in [0.2, 0.25) is 5.02 Å². The van der Waals surface area contributed by atoms with Gasteiger partial charge < -0.3 is 10.2 Å². The third-order valence-electron chi connectivity index (χ3n) is 4.37. The summed E-state index contributed by atoms with van der Waals surface area (Å²) in [4.78, 5) is 27.1. The number of hydrogen-bond acceptors (Lipinski definition) is 3. The van der Waals surface area contributed by atoms with Crippen LogP contribution in [-0.4, -0.2) is 35.1 Å². The molecule has 0 aromatic heterocycles. The van der Waals surface area contributed by atoms with Crippen LogP contribution in [0.15, 0.2) is 53.0 Å². The Balaban J connectivity index is 2.04. The third kappa shape index (κ3) is 8.03. The lowest BCUT2D eigenvalue weighted by atomic mass is 10.1. The van der Waals surface area contributed by atoms with Crippen molar-refractivity contribution in [2.45, 2.75) is 38.6 Å². The first kappa shape index (κ1) is 23.8. The lowest BCUT2D eigenvalue weighted by Crippen LogP contribution is -2.48. The number of amides is 2. The van der Waals surface area contributed by atoms with Gasteiger partial charge in [0.1, 0.15) is 6.04 Å². The van der Waals surface area contributed by atoms with Gasteiger partial charge in [-0.3, -0.25) is 9.59 Å². The van der Waals surface area contributed by atoms with Crippen molar-refractivity contribution in [3.63, 3.8) is 0 Å². The number of carbonyl (C=O) groups is 2. The lowest BCUT2D eigenvalue weighted by Gasteiger charge is -2.28. The molecule has 0 bridgehead atoms. The van der Waals surface area contributed by atoms with Crippen molar-refractivity contribution in [1.82, 2.24) is 10.2 Å². The van der Waals surface area contributed by atoms with Crippen molar-refractivity contribution in [2.24, 2.45) is 0 Å². The average Bonchev–Trinajstić information content (AvgIpc) is 2.71. The largest absolute Gasteiger partial charge is 0.354 e. The van der Waals surface area contributed by atoms with E-state index in [9.17, 15) is 9.59 Å². The molecule has 0 saturated carbocycles. The molecule has 4 nitrogen and oxygen atoms in total. The molecule has 0 radical (unpaired) electrons. The van der Waals surface area contributed by atoms with Crippen LogP contribution in [0.5, 0.6) is 0 Å². The van der Waals surface area contributed by atoms with Gasteiger partial charge in [0.05, 0.1) is 5.75 Å². The first-order valence-electron chi connectivity index (χ1n) is 9.54. The first-order valence-corrected chi connectivity index (χ1v) is 11.9. The summed E-state index contributed by atoms with van der Waals surface area (Å²) in [5.74, 6) is 0.805. The van der Waals surface area contributed by atoms with E-state index in [0.717, 1.165) is 22.0 Å². The summed E-state index contributed by atoms with van der Waals surface area (Å²) in [7, 11) is 0. The third-order valence-corrected chi connectivity index (χ3v) is 6.12. The molecule has 1 atom stereocenters. The van der Waals surface area contributed by atoms with Crippen molar-refractivity contribution >= 4 is 51.1 Å². The molecule has 2 aromatic carbocycles. The van der Waals surface area contributed by atoms with E-state index < -0.39 is 6.04 Å². The molecule has 0 fully saturated rings. The second kappa shape index (κ2) is 12.3. The van der Waals surface area contributed by atoms with Gasteiger partial charge in [-0.15, -0.1) is 11.8 Å². The number of nitrogens with zero attached hydrogens (tertiary/aromatic N) is 1. The Morgan fingerprint density at radius 3 is 2.55 bits per heavy atom. The molecule has 2 amide bonds. The molecular formula is C22H26BrClN2O2S. The van der Waals surface area contributed by atoms with Gasteiger partial charge in [-0.2, -0.15) is 0 Å². The summed E-state index contributed by atoms with van der Waals surface area (Å²) in [5.41, 5.74) is 2.06. The second-order valence-corrected chi connectivity index (χ2v) is 9.08. The number of rotatable bonds is 10. The Labute approximate surface area is 190 Å². The summed E-state index contributed by atoms with van der Waals surface area (Å²) in [5, 5.41) is 3.58. The van der Waals surface area contributed by atoms with Gasteiger partial charge in [0.25, 0.3) is 0 Å². The van der Waals surface area contributed by atoms with Gasteiger partial charge in [-0.05, 0) is 48.7 Å². The van der Waals surface area contributed by atoms with Gasteiger partial charge in [0.15, 0.2) is 0 Å². The van der Waals surface area contributed by atoms with Crippen LogP contribution in [0.1, 0.15) is 31.4 Å². The van der Waals surface area contributed by atoms with E-state index in [1.54, 1.807) is 11.8 Å². The van der Waals surface area contributed by atoms with Crippen molar-refractivity contribution in [1.29, 1.82) is 0 Å². The minimum Gasteiger partial charge on any atom is -0.354 e. The highest BCUT2D eigenvalue weighted by atomic mass is 79.9. The molecule has 0 aliphatic carbocycles. The molecule has 0 aliphatic rings. The van der Waals surface area contributed by atoms with Crippen LogP contribution in [0.25, 0.3) is 0 Å². The van der Waals surface area contributed by atoms with Crippen LogP contribution in [-0.2, 0) is 21.9 Å². The van der Waals surface area contributed by atoms with Crippen LogP contribution in [0, 0.1) is 0 Å². The standard InChI is InChI=1S/C22H26BrClN2O2S/c1-3-11-25-22(28)16(2)26(13-17-7-9-19(23)10-8-17)21(27)15-29-14-18-5-4-6-20(24)12-18/h4-10,12,16H,3,11,13-15H2,1-2H3,(H,25,28)/t16-/m0/s1. The van der Waals surface area contributed by atoms with E-state index in [0.29, 0.717) is 29.6 Å². The number of hydrogen-bond donors (Lipinski definition) is 1. The maximum Gasteiger partial charge on any atom is 0.242 e. The van der Waals surface area contributed by atoms with E-state index in [1.807, 2.05) is 55.5 Å². The topological polar surface area (TPSA) is 49.4 Å². The number of halogens is 2. The maximum absolute atomic E-state index is 13.0. The zero-order valence-electron chi connectivity index (χ0n) is 16.7. The molecule has 0 spiro atoms. The fourth-order valence-corrected chi connectivity index (χ4v) is 4.07. The fraction of sp³-hybridized carbons (Fsp3) is 0.364. The molecule has 29 heavy (non-hydrogen) atoms. The van der Waals surface area contributed by atoms with Crippen LogP contribution >= 0.6 is 39.3 Å². The molecule has 2 aromatic rings. The molecule has 0 saturated heterocycles. The summed E-state index contributed by atoms with van der Waals surface area (Å²) in [6.45, 7) is 4.78. The number of carbonyl (C=O) groups excluding carboxylic acids is 2. The van der Waals surface area contributed by atoms with Crippen molar-refractivity contribution in [3.05, 3.63) is 69.2 Å². The van der Waals surface area contributed by atoms with E-state index in [2.05, 4.69) is 21.2 Å². The first-order chi connectivity index (χ1) is 13.9. The lowest BCUT2D eigenvalue weighted by molar-refractivity contribution is -0.138. The minimum absolute atomic E-state index is 0.0564. The SMILES string of the molecule is CCCNC(=O)[C@H](C)N(Cc1ccc(Br)cc1)C(=O)CSCc1cccc(Cl)c1. The van der Waals surface area contributed by atoms with Crippen molar-refractivity contribution in [3.8, 4) is 0 Å². The van der Waals surface area contributed by atoms with Crippen molar-refractivity contribution in [2.75, 3.05) is 12.3 Å². The molecule has 7 heteroatoms. The number of thioether (sulfide) groups is 1. The highest BCUT2D eigenvalue weighted by Gasteiger charge is 2.25. The molecule has 0 heterocycles. The highest BCUT2D eigenvalue weighted by Crippen LogP contribution is 2.19. The average molecular weight is 498 g/mol. The van der Waals surface area contributed by atoms with Gasteiger partial charge >= 0.3 is 0 Å². The molecule has 0 aliphatic heterocycles. The number of nitrogens with one attached hydrogen (secondary N) is 1.